The van der Waals surface area contributed by atoms with Crippen molar-refractivity contribution >= 4 is 27.5 Å². The van der Waals surface area contributed by atoms with Crippen LogP contribution in [0.2, 0.25) is 5.02 Å². The molecule has 0 amide bonds. The molecule has 2 nitrogen and oxygen atoms in total. The number of hydrogen-bond donors (Lipinski definition) is 1. The van der Waals surface area contributed by atoms with E-state index in [1.165, 1.54) is 0 Å². The fraction of sp³-hybridized carbons (Fsp3) is 0.167. The van der Waals surface area contributed by atoms with Crippen LogP contribution in [-0.2, 0) is 0 Å². The van der Waals surface area contributed by atoms with E-state index in [9.17, 15) is 13.6 Å². The normalized spacial score (nSPS) is 10.8. The molecule has 0 atom stereocenters. The van der Waals surface area contributed by atoms with Crippen LogP contribution in [0.25, 0.3) is 0 Å². The van der Waals surface area contributed by atoms with Crippen molar-refractivity contribution in [3.8, 4) is 0 Å². The number of aromatic nitrogens is 1. The lowest BCUT2D eigenvalue weighted by Crippen LogP contribution is -2.13. The van der Waals surface area contributed by atoms with E-state index in [1.54, 1.807) is 0 Å². The minimum absolute atomic E-state index is 0.0529. The Labute approximate surface area is 79.7 Å². The maximum atomic E-state index is 12.2. The summed E-state index contributed by atoms with van der Waals surface area (Å²) in [6.45, 7) is 0. The van der Waals surface area contributed by atoms with Crippen molar-refractivity contribution < 1.29 is 8.78 Å². The molecule has 1 heterocycles. The van der Waals surface area contributed by atoms with Gasteiger partial charge in [-0.05, 0) is 15.9 Å². The van der Waals surface area contributed by atoms with Gasteiger partial charge in [0.05, 0.1) is 15.1 Å². The molecule has 12 heavy (non-hydrogen) atoms. The van der Waals surface area contributed by atoms with Gasteiger partial charge in [-0.15, -0.1) is 0 Å². The third kappa shape index (κ3) is 1.67. The molecule has 0 saturated heterocycles. The summed E-state index contributed by atoms with van der Waals surface area (Å²) in [5, 5.41) is 0.0601. The molecule has 1 N–H and O–H groups in total. The maximum Gasteiger partial charge on any atom is 0.270 e. The summed E-state index contributed by atoms with van der Waals surface area (Å²) in [5.41, 5.74) is -1.47. The van der Waals surface area contributed by atoms with Crippen LogP contribution >= 0.6 is 27.5 Å². The number of H-pyrrole nitrogens is 1. The largest absolute Gasteiger partial charge is 0.327 e. The smallest absolute Gasteiger partial charge is 0.270 e. The molecule has 0 bridgehead atoms. The number of aromatic amines is 1. The first-order valence-corrected chi connectivity index (χ1v) is 4.06. The fourth-order valence-electron chi connectivity index (χ4n) is 0.693. The number of nitrogens with one attached hydrogen (secondary N) is 1. The van der Waals surface area contributed by atoms with Crippen LogP contribution in [0.4, 0.5) is 8.78 Å². The molecular weight excluding hydrogens is 255 g/mol. The third-order valence-electron chi connectivity index (χ3n) is 1.24. The Morgan fingerprint density at radius 1 is 1.58 bits per heavy atom. The average molecular weight is 258 g/mol. The summed E-state index contributed by atoms with van der Waals surface area (Å²) in [7, 11) is 0. The summed E-state index contributed by atoms with van der Waals surface area (Å²) in [6.07, 6.45) is -1.68. The zero-order valence-corrected chi connectivity index (χ0v) is 7.92. The van der Waals surface area contributed by atoms with Crippen LogP contribution in [-0.4, -0.2) is 4.98 Å². The van der Waals surface area contributed by atoms with Gasteiger partial charge in [-0.25, -0.2) is 8.78 Å². The molecule has 1 aromatic rings. The maximum absolute atomic E-state index is 12.2. The summed E-state index contributed by atoms with van der Waals surface area (Å²) in [6, 6.07) is 0. The summed E-state index contributed by atoms with van der Waals surface area (Å²) >= 11 is 8.28. The van der Waals surface area contributed by atoms with Crippen molar-refractivity contribution in [3.63, 3.8) is 0 Å². The van der Waals surface area contributed by atoms with Crippen LogP contribution < -0.4 is 5.56 Å². The molecule has 0 aromatic carbocycles. The molecule has 1 rings (SSSR count). The minimum Gasteiger partial charge on any atom is -0.327 e. The number of pyridine rings is 1. The molecule has 0 aliphatic heterocycles. The Kier molecular flexibility index (Phi) is 2.85. The van der Waals surface area contributed by atoms with Gasteiger partial charge in [0.25, 0.3) is 12.0 Å². The van der Waals surface area contributed by atoms with Gasteiger partial charge in [0.2, 0.25) is 0 Å². The van der Waals surface area contributed by atoms with Crippen LogP contribution in [0.1, 0.15) is 12.0 Å². The van der Waals surface area contributed by atoms with Crippen LogP contribution in [0.5, 0.6) is 0 Å². The molecule has 0 aliphatic carbocycles. The van der Waals surface area contributed by atoms with E-state index < -0.39 is 17.5 Å². The number of rotatable bonds is 1. The van der Waals surface area contributed by atoms with Gasteiger partial charge >= 0.3 is 0 Å². The monoisotopic (exact) mass is 257 g/mol. The molecule has 1 aromatic heterocycles. The first kappa shape index (κ1) is 9.67. The summed E-state index contributed by atoms with van der Waals surface area (Å²) in [5.74, 6) is 0. The van der Waals surface area contributed by atoms with Gasteiger partial charge in [-0.2, -0.15) is 0 Å². The predicted molar refractivity (Wildman–Crippen MR) is 44.7 cm³/mol. The molecular formula is C6H3BrClF2NO. The Morgan fingerprint density at radius 2 is 2.17 bits per heavy atom. The van der Waals surface area contributed by atoms with Gasteiger partial charge < -0.3 is 4.98 Å². The minimum atomic E-state index is -2.83. The first-order valence-electron chi connectivity index (χ1n) is 2.88. The first-order chi connectivity index (χ1) is 5.54. The number of hydrogen-bond acceptors (Lipinski definition) is 1. The second-order valence-electron chi connectivity index (χ2n) is 1.99. The van der Waals surface area contributed by atoms with E-state index >= 15 is 0 Å². The van der Waals surface area contributed by atoms with Gasteiger partial charge in [0.15, 0.2) is 0 Å². The van der Waals surface area contributed by atoms with Crippen LogP contribution in [0, 0.1) is 0 Å². The zero-order valence-electron chi connectivity index (χ0n) is 5.57. The molecule has 0 saturated carbocycles. The highest BCUT2D eigenvalue weighted by atomic mass is 79.9. The Bertz CT molecular complexity index is 352. The van der Waals surface area contributed by atoms with E-state index in [0.717, 1.165) is 6.20 Å². The van der Waals surface area contributed by atoms with Crippen molar-refractivity contribution in [1.29, 1.82) is 0 Å². The summed E-state index contributed by atoms with van der Waals surface area (Å²) in [4.78, 5) is 12.9. The lowest BCUT2D eigenvalue weighted by Gasteiger charge is -2.02. The average Bonchev–Trinajstić information content (AvgIpc) is 1.97. The molecule has 0 fully saturated rings. The standard InChI is InChI=1S/C6H3BrClF2NO/c7-4-2(8)1-11-6(12)3(4)5(9)10/h1,5H,(H,11,12). The van der Waals surface area contributed by atoms with Gasteiger partial charge in [0, 0.05) is 6.20 Å². The van der Waals surface area contributed by atoms with Crippen molar-refractivity contribution in [1.82, 2.24) is 4.98 Å². The lowest BCUT2D eigenvalue weighted by atomic mass is 10.3. The molecule has 6 heteroatoms. The van der Waals surface area contributed by atoms with Crippen molar-refractivity contribution in [2.45, 2.75) is 6.43 Å². The number of halogens is 4. The van der Waals surface area contributed by atoms with E-state index in [0.29, 0.717) is 0 Å². The van der Waals surface area contributed by atoms with E-state index in [-0.39, 0.29) is 9.50 Å². The topological polar surface area (TPSA) is 32.9 Å². The highest BCUT2D eigenvalue weighted by Gasteiger charge is 2.17. The molecule has 66 valence electrons. The Morgan fingerprint density at radius 3 is 2.58 bits per heavy atom. The quantitative estimate of drug-likeness (QED) is 0.825. The number of alkyl halides is 2. The Balaban J connectivity index is 3.43. The highest BCUT2D eigenvalue weighted by molar-refractivity contribution is 9.10. The SMILES string of the molecule is O=c1[nH]cc(Cl)c(Br)c1C(F)F. The molecule has 0 spiro atoms. The lowest BCUT2D eigenvalue weighted by molar-refractivity contribution is 0.148. The van der Waals surface area contributed by atoms with E-state index in [1.807, 2.05) is 0 Å². The summed E-state index contributed by atoms with van der Waals surface area (Å²) < 4.78 is 24.3. The predicted octanol–water partition coefficient (Wildman–Crippen LogP) is 2.73. The molecule has 0 aliphatic rings. The van der Waals surface area contributed by atoms with Gasteiger partial charge in [0.1, 0.15) is 0 Å². The van der Waals surface area contributed by atoms with Crippen molar-refractivity contribution in [3.05, 3.63) is 31.6 Å². The van der Waals surface area contributed by atoms with Crippen molar-refractivity contribution in [2.75, 3.05) is 0 Å². The Hall–Kier alpha value is -0.420. The van der Waals surface area contributed by atoms with Gasteiger partial charge in [-0.3, -0.25) is 4.79 Å². The molecule has 0 unspecified atom stereocenters. The van der Waals surface area contributed by atoms with Crippen molar-refractivity contribution in [2.24, 2.45) is 0 Å². The van der Waals surface area contributed by atoms with Crippen LogP contribution in [0.3, 0.4) is 0 Å². The zero-order chi connectivity index (χ0) is 9.30. The van der Waals surface area contributed by atoms with Crippen LogP contribution in [0.15, 0.2) is 15.5 Å². The third-order valence-corrected chi connectivity index (χ3v) is 2.62. The van der Waals surface area contributed by atoms with E-state index in [2.05, 4.69) is 20.9 Å². The molecule has 0 radical (unpaired) electrons. The second kappa shape index (κ2) is 3.53. The van der Waals surface area contributed by atoms with Gasteiger partial charge in [-0.1, -0.05) is 11.6 Å². The fourth-order valence-corrected chi connectivity index (χ4v) is 1.32. The highest BCUT2D eigenvalue weighted by Crippen LogP contribution is 2.29. The van der Waals surface area contributed by atoms with E-state index in [4.69, 9.17) is 11.6 Å². The second-order valence-corrected chi connectivity index (χ2v) is 3.19.